The van der Waals surface area contributed by atoms with Gasteiger partial charge in [-0.3, -0.25) is 0 Å². The molecule has 1 aromatic heterocycles. The summed E-state index contributed by atoms with van der Waals surface area (Å²) in [5.74, 6) is 1.05. The summed E-state index contributed by atoms with van der Waals surface area (Å²) in [7, 11) is 0. The average Bonchev–Trinajstić information content (AvgIpc) is 3.24. The second-order valence-corrected chi connectivity index (χ2v) is 5.68. The zero-order valence-corrected chi connectivity index (χ0v) is 12.2. The molecule has 1 aromatic carbocycles. The molecule has 1 fully saturated rings. The van der Waals surface area contributed by atoms with Gasteiger partial charge in [0.2, 0.25) is 0 Å². The molecule has 0 bridgehead atoms. The molecule has 1 aliphatic rings. The number of benzene rings is 1. The van der Waals surface area contributed by atoms with Crippen LogP contribution in [0.4, 0.5) is 0 Å². The number of aromatic amines is 1. The Kier molecular flexibility index (Phi) is 3.02. The zero-order valence-electron chi connectivity index (χ0n) is 11.4. The van der Waals surface area contributed by atoms with Crippen LogP contribution in [0.5, 0.6) is 0 Å². The van der Waals surface area contributed by atoms with E-state index in [9.17, 15) is 0 Å². The fourth-order valence-electron chi connectivity index (χ4n) is 2.70. The van der Waals surface area contributed by atoms with Gasteiger partial charge in [-0.05, 0) is 31.7 Å². The van der Waals surface area contributed by atoms with E-state index in [0.717, 1.165) is 35.3 Å². The highest BCUT2D eigenvalue weighted by molar-refractivity contribution is 7.71. The van der Waals surface area contributed by atoms with Gasteiger partial charge in [-0.1, -0.05) is 49.5 Å². The van der Waals surface area contributed by atoms with Crippen LogP contribution in [-0.4, -0.2) is 9.97 Å². The molecule has 0 atom stereocenters. The van der Waals surface area contributed by atoms with Crippen molar-refractivity contribution in [1.29, 1.82) is 0 Å². The van der Waals surface area contributed by atoms with E-state index < -0.39 is 0 Å². The van der Waals surface area contributed by atoms with Crippen LogP contribution in [0.2, 0.25) is 0 Å². The normalized spacial score (nSPS) is 16.3. The fourth-order valence-corrected chi connectivity index (χ4v) is 2.92. The highest BCUT2D eigenvalue weighted by Crippen LogP contribution is 2.52. The van der Waals surface area contributed by atoms with E-state index in [-0.39, 0.29) is 5.41 Å². The lowest BCUT2D eigenvalue weighted by Gasteiger charge is -2.17. The Hall–Kier alpha value is -1.48. The van der Waals surface area contributed by atoms with E-state index in [1.165, 1.54) is 11.3 Å². The summed E-state index contributed by atoms with van der Waals surface area (Å²) in [6.07, 6.45) is 3.28. The van der Waals surface area contributed by atoms with E-state index in [4.69, 9.17) is 12.2 Å². The summed E-state index contributed by atoms with van der Waals surface area (Å²) in [5.41, 5.74) is 3.76. The molecule has 0 saturated heterocycles. The number of hydrogen-bond donors (Lipinski definition) is 1. The first-order valence-corrected chi connectivity index (χ1v) is 7.24. The van der Waals surface area contributed by atoms with Gasteiger partial charge in [0.1, 0.15) is 10.5 Å². The summed E-state index contributed by atoms with van der Waals surface area (Å²) in [5, 5.41) is 0. The highest BCUT2D eigenvalue weighted by atomic mass is 32.1. The van der Waals surface area contributed by atoms with Crippen molar-refractivity contribution < 1.29 is 0 Å². The van der Waals surface area contributed by atoms with Crippen molar-refractivity contribution in [3.63, 3.8) is 0 Å². The number of rotatable bonds is 3. The molecule has 19 heavy (non-hydrogen) atoms. The Morgan fingerprint density at radius 2 is 1.95 bits per heavy atom. The predicted octanol–water partition coefficient (Wildman–Crippen LogP) is 4.09. The third kappa shape index (κ3) is 2.02. The maximum absolute atomic E-state index is 5.41. The summed E-state index contributed by atoms with van der Waals surface area (Å²) < 4.78 is 0.743. The van der Waals surface area contributed by atoms with Gasteiger partial charge in [-0.25, -0.2) is 4.98 Å². The molecule has 2 nitrogen and oxygen atoms in total. The molecule has 1 saturated carbocycles. The van der Waals surface area contributed by atoms with E-state index in [1.807, 2.05) is 0 Å². The monoisotopic (exact) mass is 270 g/mol. The molecule has 2 aromatic rings. The topological polar surface area (TPSA) is 28.7 Å². The minimum Gasteiger partial charge on any atom is -0.346 e. The van der Waals surface area contributed by atoms with Crippen molar-refractivity contribution in [3.8, 4) is 0 Å². The molecule has 0 amide bonds. The maximum atomic E-state index is 5.41. The Bertz CT molecular complexity index is 654. The van der Waals surface area contributed by atoms with Crippen molar-refractivity contribution in [2.24, 2.45) is 0 Å². The standard InChI is InChI=1S/C16H18N2S/c1-3-13-11(2)14(19)18-15(17-13)16(9-10-16)12-7-5-4-6-8-12/h4-8H,3,9-10H2,1-2H3,(H,17,18,19). The number of hydrogen-bond acceptors (Lipinski definition) is 2. The van der Waals surface area contributed by atoms with Crippen LogP contribution in [0.1, 0.15) is 42.4 Å². The van der Waals surface area contributed by atoms with Gasteiger partial charge in [0.25, 0.3) is 0 Å². The third-order valence-corrected chi connectivity index (χ3v) is 4.54. The van der Waals surface area contributed by atoms with Crippen LogP contribution in [0.3, 0.4) is 0 Å². The molecular weight excluding hydrogens is 252 g/mol. The Morgan fingerprint density at radius 1 is 1.26 bits per heavy atom. The molecule has 0 radical (unpaired) electrons. The van der Waals surface area contributed by atoms with Gasteiger partial charge < -0.3 is 4.98 Å². The minimum atomic E-state index is 0.0758. The van der Waals surface area contributed by atoms with Gasteiger partial charge >= 0.3 is 0 Å². The van der Waals surface area contributed by atoms with Crippen LogP contribution in [0.25, 0.3) is 0 Å². The van der Waals surface area contributed by atoms with E-state index in [1.54, 1.807) is 0 Å². The molecule has 0 unspecified atom stereocenters. The van der Waals surface area contributed by atoms with Gasteiger partial charge in [0.15, 0.2) is 0 Å². The number of nitrogens with one attached hydrogen (secondary N) is 1. The zero-order chi connectivity index (χ0) is 13.5. The van der Waals surface area contributed by atoms with E-state index in [2.05, 4.69) is 54.1 Å². The predicted molar refractivity (Wildman–Crippen MR) is 80.0 cm³/mol. The number of H-pyrrole nitrogens is 1. The minimum absolute atomic E-state index is 0.0758. The molecule has 3 rings (SSSR count). The lowest BCUT2D eigenvalue weighted by Crippen LogP contribution is -2.15. The lowest BCUT2D eigenvalue weighted by molar-refractivity contribution is 0.732. The summed E-state index contributed by atoms with van der Waals surface area (Å²) in [4.78, 5) is 8.18. The summed E-state index contributed by atoms with van der Waals surface area (Å²) in [6, 6.07) is 10.6. The van der Waals surface area contributed by atoms with Crippen molar-refractivity contribution >= 4 is 12.2 Å². The number of aryl methyl sites for hydroxylation is 1. The second-order valence-electron chi connectivity index (χ2n) is 5.30. The van der Waals surface area contributed by atoms with Crippen LogP contribution in [0, 0.1) is 11.6 Å². The van der Waals surface area contributed by atoms with E-state index >= 15 is 0 Å². The molecule has 0 spiro atoms. The number of aromatic nitrogens is 2. The second kappa shape index (κ2) is 4.57. The first-order chi connectivity index (χ1) is 9.17. The Morgan fingerprint density at radius 3 is 2.53 bits per heavy atom. The van der Waals surface area contributed by atoms with Crippen molar-refractivity contribution in [2.75, 3.05) is 0 Å². The summed E-state index contributed by atoms with van der Waals surface area (Å²) in [6.45, 7) is 4.20. The van der Waals surface area contributed by atoms with Crippen molar-refractivity contribution in [3.05, 3.63) is 57.6 Å². The SMILES string of the molecule is CCc1[nH]c(C2(c3ccccc3)CC2)nc(=S)c1C. The molecule has 3 heteroatoms. The molecule has 1 aliphatic carbocycles. The molecule has 98 valence electrons. The van der Waals surface area contributed by atoms with Crippen LogP contribution < -0.4 is 0 Å². The fraction of sp³-hybridized carbons (Fsp3) is 0.375. The van der Waals surface area contributed by atoms with Crippen molar-refractivity contribution in [1.82, 2.24) is 9.97 Å². The van der Waals surface area contributed by atoms with Gasteiger partial charge in [-0.2, -0.15) is 0 Å². The van der Waals surface area contributed by atoms with E-state index in [0.29, 0.717) is 0 Å². The quantitative estimate of drug-likeness (QED) is 0.851. The van der Waals surface area contributed by atoms with Crippen molar-refractivity contribution in [2.45, 2.75) is 38.5 Å². The smallest absolute Gasteiger partial charge is 0.132 e. The van der Waals surface area contributed by atoms with Gasteiger partial charge in [-0.15, -0.1) is 0 Å². The third-order valence-electron chi connectivity index (χ3n) is 4.14. The maximum Gasteiger partial charge on any atom is 0.132 e. The highest BCUT2D eigenvalue weighted by Gasteiger charge is 2.48. The summed E-state index contributed by atoms with van der Waals surface area (Å²) >= 11 is 5.41. The van der Waals surface area contributed by atoms with Gasteiger partial charge in [0.05, 0.1) is 5.41 Å². The lowest BCUT2D eigenvalue weighted by atomic mass is 9.95. The molecule has 1 N–H and O–H groups in total. The largest absolute Gasteiger partial charge is 0.346 e. The number of nitrogens with zero attached hydrogens (tertiary/aromatic N) is 1. The first kappa shape index (κ1) is 12.5. The average molecular weight is 270 g/mol. The Labute approximate surface area is 118 Å². The molecule has 1 heterocycles. The molecular formula is C16H18N2S. The molecule has 0 aliphatic heterocycles. The van der Waals surface area contributed by atoms with Gasteiger partial charge in [0, 0.05) is 11.3 Å². The first-order valence-electron chi connectivity index (χ1n) is 6.83. The van der Waals surface area contributed by atoms with Crippen LogP contribution in [0.15, 0.2) is 30.3 Å². The van der Waals surface area contributed by atoms with Crippen LogP contribution in [-0.2, 0) is 11.8 Å². The van der Waals surface area contributed by atoms with Crippen LogP contribution >= 0.6 is 12.2 Å². The Balaban J connectivity index is 2.13.